The molecule has 0 saturated heterocycles. The molecule has 304 valence electrons. The van der Waals surface area contributed by atoms with Gasteiger partial charge >= 0.3 is 5.97 Å². The number of aliphatic hydroxyl groups is 2. The molecule has 2 aromatic carbocycles. The molecular formula is C38H50N6O10S2. The van der Waals surface area contributed by atoms with Gasteiger partial charge < -0.3 is 40.8 Å². The summed E-state index contributed by atoms with van der Waals surface area (Å²) < 4.78 is 62.7. The maximum Gasteiger partial charge on any atom is 0.329 e. The van der Waals surface area contributed by atoms with Crippen LogP contribution in [0.3, 0.4) is 0 Å². The first-order valence-electron chi connectivity index (χ1n) is 18.4. The van der Waals surface area contributed by atoms with Crippen LogP contribution in [0.1, 0.15) is 80.1 Å². The fourth-order valence-electron chi connectivity index (χ4n) is 7.59. The minimum Gasteiger partial charge on any atom is -0.480 e. The van der Waals surface area contributed by atoms with Gasteiger partial charge in [0.05, 0.1) is 49.6 Å². The van der Waals surface area contributed by atoms with Gasteiger partial charge in [0, 0.05) is 11.1 Å². The lowest BCUT2D eigenvalue weighted by molar-refractivity contribution is -0.140. The third-order valence-electron chi connectivity index (χ3n) is 10.2. The Morgan fingerprint density at radius 1 is 0.768 bits per heavy atom. The number of nitrogens with one attached hydrogen (secondary N) is 1. The summed E-state index contributed by atoms with van der Waals surface area (Å²) in [6, 6.07) is 6.78. The average Bonchev–Trinajstić information content (AvgIpc) is 4.00. The number of nitrogen functional groups attached to an aromatic ring is 2. The molecule has 0 amide bonds. The predicted molar refractivity (Wildman–Crippen MR) is 210 cm³/mol. The summed E-state index contributed by atoms with van der Waals surface area (Å²) in [4.78, 5) is 16.8. The minimum absolute atomic E-state index is 0.115. The van der Waals surface area contributed by atoms with Crippen LogP contribution in [-0.4, -0.2) is 76.5 Å². The summed E-state index contributed by atoms with van der Waals surface area (Å²) in [7, 11) is -7.01. The number of nitrogens with zero attached hydrogens (tertiary/aromatic N) is 3. The number of aromatic amines is 1. The molecule has 0 spiro atoms. The van der Waals surface area contributed by atoms with Crippen molar-refractivity contribution in [1.82, 2.24) is 20.3 Å². The average molecular weight is 815 g/mol. The van der Waals surface area contributed by atoms with E-state index in [2.05, 4.69) is 20.3 Å². The smallest absolute Gasteiger partial charge is 0.329 e. The Hall–Kier alpha value is -4.78. The van der Waals surface area contributed by atoms with E-state index in [-0.39, 0.29) is 51.1 Å². The highest BCUT2D eigenvalue weighted by atomic mass is 32.2. The molecule has 56 heavy (non-hydrogen) atoms. The van der Waals surface area contributed by atoms with Crippen molar-refractivity contribution in [3.63, 3.8) is 0 Å². The Labute approximate surface area is 325 Å². The number of aromatic nitrogens is 4. The summed E-state index contributed by atoms with van der Waals surface area (Å²) in [6.07, 6.45) is 8.19. The van der Waals surface area contributed by atoms with Crippen LogP contribution in [0, 0.1) is 39.5 Å². The van der Waals surface area contributed by atoms with Gasteiger partial charge in [0.15, 0.2) is 19.7 Å². The number of carboxylic acid groups (broad SMARTS) is 1. The highest BCUT2D eigenvalue weighted by molar-refractivity contribution is 7.92. The lowest BCUT2D eigenvalue weighted by Crippen LogP contribution is -2.16. The van der Waals surface area contributed by atoms with E-state index in [1.807, 2.05) is 19.9 Å². The monoisotopic (exact) mass is 814 g/mol. The summed E-state index contributed by atoms with van der Waals surface area (Å²) in [5.74, 6) is 1.07. The second-order valence-corrected chi connectivity index (χ2v) is 18.5. The standard InChI is InChI=1S/C19H23N3O4S.C17H23N3O3S.C2H4O3/c1-11-18(12(2)26-22-11)14-7-15-19(21-17(9-23)20-15)16(8-14)27(24,25)10-13-5-3-4-6-13;1-10-16(11(2)23-20-10)13-7-14(18)17(19)15(8-13)24(21,22)9-12-5-3-4-6-12;3-1-2(4)5/h7-8,13,23H,3-6,9-10H2,1-2H3,(H,20,21);7-8,12H,3-6,9,18-19H2,1-2H3;3H,1H2,(H,4,5). The molecule has 0 aliphatic heterocycles. The van der Waals surface area contributed by atoms with Crippen LogP contribution in [-0.2, 0) is 31.1 Å². The van der Waals surface area contributed by atoms with Gasteiger partial charge in [0.1, 0.15) is 36.1 Å². The number of benzene rings is 2. The lowest BCUT2D eigenvalue weighted by atomic mass is 10.0. The molecule has 16 nitrogen and oxygen atoms in total. The molecule has 0 radical (unpaired) electrons. The number of carboxylic acids is 1. The van der Waals surface area contributed by atoms with Gasteiger partial charge in [-0.25, -0.2) is 26.6 Å². The first kappa shape index (κ1) is 42.4. The molecule has 5 aromatic rings. The van der Waals surface area contributed by atoms with Crippen LogP contribution in [0.4, 0.5) is 11.4 Å². The number of imidazole rings is 1. The quantitative estimate of drug-likeness (QED) is 0.0958. The fourth-order valence-corrected chi connectivity index (χ4v) is 11.4. The molecule has 3 heterocycles. The van der Waals surface area contributed by atoms with Gasteiger partial charge in [0.2, 0.25) is 0 Å². The van der Waals surface area contributed by atoms with Crippen molar-refractivity contribution in [2.75, 3.05) is 29.6 Å². The molecule has 18 heteroatoms. The molecular weight excluding hydrogens is 765 g/mol. The number of anilines is 2. The van der Waals surface area contributed by atoms with Gasteiger partial charge in [-0.15, -0.1) is 0 Å². The Balaban J connectivity index is 0.000000193. The first-order valence-corrected chi connectivity index (χ1v) is 21.7. The molecule has 2 fully saturated rings. The zero-order valence-electron chi connectivity index (χ0n) is 32.0. The number of carbonyl (C=O) groups is 1. The molecule has 0 bridgehead atoms. The van der Waals surface area contributed by atoms with Crippen molar-refractivity contribution in [3.8, 4) is 22.3 Å². The zero-order valence-corrected chi connectivity index (χ0v) is 33.6. The Kier molecular flexibility index (Phi) is 13.3. The van der Waals surface area contributed by atoms with E-state index in [4.69, 9.17) is 35.5 Å². The van der Waals surface area contributed by atoms with Gasteiger partial charge in [-0.3, -0.25) is 0 Å². The number of nitrogens with two attached hydrogens (primary N) is 2. The molecule has 2 aliphatic carbocycles. The number of aryl methyl sites for hydroxylation is 4. The second-order valence-electron chi connectivity index (χ2n) is 14.5. The third-order valence-corrected chi connectivity index (χ3v) is 14.0. The molecule has 3 aromatic heterocycles. The Bertz CT molecular complexity index is 2370. The van der Waals surface area contributed by atoms with E-state index in [1.54, 1.807) is 32.0 Å². The summed E-state index contributed by atoms with van der Waals surface area (Å²) in [5.41, 5.74) is 17.7. The van der Waals surface area contributed by atoms with Crippen molar-refractivity contribution in [1.29, 1.82) is 0 Å². The van der Waals surface area contributed by atoms with Crippen LogP contribution >= 0.6 is 0 Å². The van der Waals surface area contributed by atoms with E-state index >= 15 is 0 Å². The van der Waals surface area contributed by atoms with Crippen molar-refractivity contribution < 1.29 is 46.0 Å². The minimum atomic E-state index is -3.52. The molecule has 0 atom stereocenters. The maximum absolute atomic E-state index is 13.2. The largest absolute Gasteiger partial charge is 0.480 e. The molecule has 2 aliphatic rings. The number of aliphatic carboxylic acids is 1. The summed E-state index contributed by atoms with van der Waals surface area (Å²) in [6.45, 7) is 6.17. The lowest BCUT2D eigenvalue weighted by Gasteiger charge is -2.15. The van der Waals surface area contributed by atoms with E-state index < -0.39 is 32.3 Å². The van der Waals surface area contributed by atoms with Gasteiger partial charge in [-0.05, 0) is 101 Å². The number of hydrogen-bond acceptors (Lipinski definition) is 14. The Morgan fingerprint density at radius 2 is 1.21 bits per heavy atom. The van der Waals surface area contributed by atoms with Crippen LogP contribution in [0.2, 0.25) is 0 Å². The van der Waals surface area contributed by atoms with Crippen molar-refractivity contribution >= 4 is 48.1 Å². The second kappa shape index (κ2) is 17.6. The maximum atomic E-state index is 13.2. The molecule has 2 saturated carbocycles. The number of rotatable bonds is 10. The van der Waals surface area contributed by atoms with Crippen LogP contribution in [0.25, 0.3) is 33.3 Å². The van der Waals surface area contributed by atoms with Gasteiger partial charge in [0.25, 0.3) is 0 Å². The highest BCUT2D eigenvalue weighted by Gasteiger charge is 2.29. The van der Waals surface area contributed by atoms with Crippen molar-refractivity contribution in [2.24, 2.45) is 11.8 Å². The van der Waals surface area contributed by atoms with E-state index in [0.717, 1.165) is 68.1 Å². The molecule has 7 rings (SSSR count). The predicted octanol–water partition coefficient (Wildman–Crippen LogP) is 5.44. The normalized spacial score (nSPS) is 15.1. The first-order chi connectivity index (χ1) is 26.4. The summed E-state index contributed by atoms with van der Waals surface area (Å²) in [5, 5.41) is 32.4. The van der Waals surface area contributed by atoms with E-state index in [9.17, 15) is 21.9 Å². The molecule has 8 N–H and O–H groups in total. The number of H-pyrrole nitrogens is 1. The van der Waals surface area contributed by atoms with Crippen molar-refractivity contribution in [3.05, 3.63) is 53.0 Å². The number of aliphatic hydroxyl groups excluding tert-OH is 2. The van der Waals surface area contributed by atoms with Gasteiger partial charge in [-0.2, -0.15) is 0 Å². The van der Waals surface area contributed by atoms with Crippen LogP contribution < -0.4 is 11.5 Å². The Morgan fingerprint density at radius 3 is 1.64 bits per heavy atom. The number of sulfone groups is 2. The highest BCUT2D eigenvalue weighted by Crippen LogP contribution is 2.38. The van der Waals surface area contributed by atoms with Crippen LogP contribution in [0.5, 0.6) is 0 Å². The van der Waals surface area contributed by atoms with E-state index in [0.29, 0.717) is 45.3 Å². The summed E-state index contributed by atoms with van der Waals surface area (Å²) >= 11 is 0. The number of hydrogen-bond donors (Lipinski definition) is 6. The van der Waals surface area contributed by atoms with Crippen molar-refractivity contribution in [2.45, 2.75) is 95.5 Å². The SMILES string of the molecule is Cc1noc(C)c1-c1cc(N)c(N)c(S(=O)(=O)CC2CCCC2)c1.Cc1noc(C)c1-c1cc(S(=O)(=O)CC2CCCC2)c2nc(CO)[nH]c2c1.O=C(O)CO. The third kappa shape index (κ3) is 9.59. The van der Waals surface area contributed by atoms with Gasteiger partial charge in [-0.1, -0.05) is 36.0 Å². The zero-order chi connectivity index (χ0) is 40.9. The van der Waals surface area contributed by atoms with Crippen LogP contribution in [0.15, 0.2) is 43.1 Å². The van der Waals surface area contributed by atoms with E-state index in [1.165, 1.54) is 0 Å². The topological polar surface area (TPSA) is 279 Å². The fraction of sp³-hybridized carbons (Fsp3) is 0.474. The number of fused-ring (bicyclic) bond motifs is 1. The molecule has 0 unspecified atom stereocenters.